The van der Waals surface area contributed by atoms with Gasteiger partial charge in [-0.05, 0) is 73.0 Å². The minimum absolute atomic E-state index is 0.000976. The molecule has 0 spiro atoms. The predicted molar refractivity (Wildman–Crippen MR) is 137 cm³/mol. The highest BCUT2D eigenvalue weighted by atomic mass is 35.5. The van der Waals surface area contributed by atoms with Gasteiger partial charge in [-0.1, -0.05) is 24.6 Å². The molecule has 36 heavy (non-hydrogen) atoms. The van der Waals surface area contributed by atoms with Gasteiger partial charge < -0.3 is 19.5 Å². The average molecular weight is 507 g/mol. The number of carbonyl (C=O) groups is 2. The first-order valence-electron chi connectivity index (χ1n) is 11.8. The lowest BCUT2D eigenvalue weighted by Gasteiger charge is -2.26. The Balaban J connectivity index is 1.86. The van der Waals surface area contributed by atoms with Crippen LogP contribution in [-0.2, 0) is 16.1 Å². The first-order valence-corrected chi connectivity index (χ1v) is 12.1. The Morgan fingerprint density at radius 1 is 1.00 bits per heavy atom. The Kier molecular flexibility index (Phi) is 7.90. The topological polar surface area (TPSA) is 89.0 Å². The van der Waals surface area contributed by atoms with Gasteiger partial charge in [0.2, 0.25) is 0 Å². The van der Waals surface area contributed by atoms with Crippen LogP contribution >= 0.6 is 11.6 Å². The van der Waals surface area contributed by atoms with Gasteiger partial charge in [-0.25, -0.2) is 0 Å². The predicted octanol–water partition coefficient (Wildman–Crippen LogP) is 5.54. The number of Topliss-reactive ketones (excluding diaryl/α,β-unsaturated/α-hetero) is 1. The van der Waals surface area contributed by atoms with Gasteiger partial charge in [0, 0.05) is 29.5 Å². The van der Waals surface area contributed by atoms with Crippen molar-refractivity contribution in [2.75, 3.05) is 13.2 Å². The zero-order valence-electron chi connectivity index (χ0n) is 20.1. The molecule has 1 atom stereocenters. The van der Waals surface area contributed by atoms with E-state index in [1.54, 1.807) is 67.0 Å². The van der Waals surface area contributed by atoms with Gasteiger partial charge in [0.15, 0.2) is 11.5 Å². The van der Waals surface area contributed by atoms with Crippen LogP contribution < -0.4 is 9.47 Å². The zero-order chi connectivity index (χ0) is 25.7. The summed E-state index contributed by atoms with van der Waals surface area (Å²) in [5.74, 6) is -0.644. The number of ketones is 1. The number of amides is 1. The molecule has 0 bridgehead atoms. The molecule has 1 unspecified atom stereocenters. The van der Waals surface area contributed by atoms with E-state index < -0.39 is 17.7 Å². The Bertz CT molecular complexity index is 1270. The molecule has 1 fully saturated rings. The van der Waals surface area contributed by atoms with Crippen LogP contribution in [-0.4, -0.2) is 39.9 Å². The summed E-state index contributed by atoms with van der Waals surface area (Å²) in [6.07, 6.45) is 4.09. The molecule has 1 N–H and O–H groups in total. The number of aliphatic hydroxyl groups excluding tert-OH is 1. The summed E-state index contributed by atoms with van der Waals surface area (Å²) in [5, 5.41) is 11.7. The van der Waals surface area contributed by atoms with Crippen molar-refractivity contribution in [1.29, 1.82) is 0 Å². The van der Waals surface area contributed by atoms with Crippen molar-refractivity contribution in [3.05, 3.63) is 94.3 Å². The van der Waals surface area contributed by atoms with Gasteiger partial charge in [-0.3, -0.25) is 14.6 Å². The molecular formula is C28H27ClN2O5. The van der Waals surface area contributed by atoms with E-state index in [9.17, 15) is 14.7 Å². The molecule has 1 aromatic heterocycles. The molecule has 1 aliphatic heterocycles. The standard InChI is InChI=1S/C28H27ClN2O5/c1-3-15-36-22-10-7-20(16-23(22)35-4-2)25-24(26(32)19-5-8-21(29)9-6-19)27(33)28(34)31(25)17-18-11-13-30-14-12-18/h5-14,16,25,32H,3-4,15,17H2,1-2H3. The van der Waals surface area contributed by atoms with E-state index in [-0.39, 0.29) is 17.9 Å². The van der Waals surface area contributed by atoms with Crippen LogP contribution in [0.1, 0.15) is 43.0 Å². The van der Waals surface area contributed by atoms with Gasteiger partial charge in [0.25, 0.3) is 11.7 Å². The fourth-order valence-electron chi connectivity index (χ4n) is 4.13. The molecule has 7 nitrogen and oxygen atoms in total. The van der Waals surface area contributed by atoms with Gasteiger partial charge in [-0.2, -0.15) is 0 Å². The van der Waals surface area contributed by atoms with Crippen LogP contribution in [0.2, 0.25) is 5.02 Å². The van der Waals surface area contributed by atoms with Crippen molar-refractivity contribution in [2.45, 2.75) is 32.9 Å². The molecule has 186 valence electrons. The first kappa shape index (κ1) is 25.3. The normalized spacial score (nSPS) is 16.9. The number of halogens is 1. The van der Waals surface area contributed by atoms with Crippen molar-refractivity contribution in [3.63, 3.8) is 0 Å². The summed E-state index contributed by atoms with van der Waals surface area (Å²) in [6, 6.07) is 14.5. The quantitative estimate of drug-likeness (QED) is 0.233. The number of hydrogen-bond acceptors (Lipinski definition) is 6. The maximum atomic E-state index is 13.3. The fourth-order valence-corrected chi connectivity index (χ4v) is 4.26. The molecule has 3 aromatic rings. The highest BCUT2D eigenvalue weighted by molar-refractivity contribution is 6.46. The molecule has 4 rings (SSSR count). The van der Waals surface area contributed by atoms with Crippen LogP contribution in [0.25, 0.3) is 5.76 Å². The molecule has 2 aromatic carbocycles. The van der Waals surface area contributed by atoms with Crippen LogP contribution in [0.15, 0.2) is 72.6 Å². The van der Waals surface area contributed by atoms with Gasteiger partial charge in [0.05, 0.1) is 24.8 Å². The molecule has 0 aliphatic carbocycles. The molecule has 1 aliphatic rings. The molecule has 8 heteroatoms. The number of likely N-dealkylation sites (tertiary alicyclic amines) is 1. The van der Waals surface area contributed by atoms with Crippen LogP contribution in [0.5, 0.6) is 11.5 Å². The summed E-state index contributed by atoms with van der Waals surface area (Å²) >= 11 is 6.01. The van der Waals surface area contributed by atoms with E-state index in [1.807, 2.05) is 13.8 Å². The maximum Gasteiger partial charge on any atom is 0.295 e. The molecule has 1 saturated heterocycles. The number of benzene rings is 2. The third-order valence-corrected chi connectivity index (χ3v) is 6.06. The van der Waals surface area contributed by atoms with E-state index in [1.165, 1.54) is 4.90 Å². The molecule has 0 saturated carbocycles. The van der Waals surface area contributed by atoms with E-state index in [0.29, 0.717) is 40.9 Å². The van der Waals surface area contributed by atoms with E-state index in [2.05, 4.69) is 4.98 Å². The maximum absolute atomic E-state index is 13.3. The first-order chi connectivity index (χ1) is 17.4. The highest BCUT2D eigenvalue weighted by Gasteiger charge is 2.46. The van der Waals surface area contributed by atoms with Crippen molar-refractivity contribution in [1.82, 2.24) is 9.88 Å². The van der Waals surface area contributed by atoms with Crippen molar-refractivity contribution in [3.8, 4) is 11.5 Å². The second-order valence-corrected chi connectivity index (χ2v) is 8.71. The summed E-state index contributed by atoms with van der Waals surface area (Å²) < 4.78 is 11.6. The number of nitrogens with zero attached hydrogens (tertiary/aromatic N) is 2. The average Bonchev–Trinajstić information content (AvgIpc) is 3.13. The molecule has 0 radical (unpaired) electrons. The van der Waals surface area contributed by atoms with Crippen molar-refractivity contribution < 1.29 is 24.2 Å². The summed E-state index contributed by atoms with van der Waals surface area (Å²) in [7, 11) is 0. The number of hydrogen-bond donors (Lipinski definition) is 1. The fraction of sp³-hybridized carbons (Fsp3) is 0.250. The minimum Gasteiger partial charge on any atom is -0.507 e. The third-order valence-electron chi connectivity index (χ3n) is 5.80. The monoisotopic (exact) mass is 506 g/mol. The summed E-state index contributed by atoms with van der Waals surface area (Å²) in [6.45, 7) is 4.97. The number of pyridine rings is 1. The number of aliphatic hydroxyl groups is 1. The van der Waals surface area contributed by atoms with Crippen molar-refractivity contribution >= 4 is 29.1 Å². The van der Waals surface area contributed by atoms with Crippen LogP contribution in [0.4, 0.5) is 0 Å². The van der Waals surface area contributed by atoms with Crippen molar-refractivity contribution in [2.24, 2.45) is 0 Å². The minimum atomic E-state index is -0.840. The van der Waals surface area contributed by atoms with Crippen LogP contribution in [0, 0.1) is 0 Å². The largest absolute Gasteiger partial charge is 0.507 e. The van der Waals surface area contributed by atoms with Gasteiger partial charge in [-0.15, -0.1) is 0 Å². The number of aromatic nitrogens is 1. The Morgan fingerprint density at radius 3 is 2.39 bits per heavy atom. The lowest BCUT2D eigenvalue weighted by atomic mass is 9.95. The number of ether oxygens (including phenoxy) is 2. The molecule has 2 heterocycles. The molecule has 1 amide bonds. The smallest absolute Gasteiger partial charge is 0.295 e. The second-order valence-electron chi connectivity index (χ2n) is 8.28. The lowest BCUT2D eigenvalue weighted by molar-refractivity contribution is -0.140. The molecular weight excluding hydrogens is 480 g/mol. The summed E-state index contributed by atoms with van der Waals surface area (Å²) in [5.41, 5.74) is 1.81. The van der Waals surface area contributed by atoms with E-state index in [4.69, 9.17) is 21.1 Å². The summed E-state index contributed by atoms with van der Waals surface area (Å²) in [4.78, 5) is 32.0. The number of rotatable bonds is 9. The lowest BCUT2D eigenvalue weighted by Crippen LogP contribution is -2.29. The third kappa shape index (κ3) is 5.21. The Labute approximate surface area is 214 Å². The Hall–Kier alpha value is -3.84. The van der Waals surface area contributed by atoms with E-state index in [0.717, 1.165) is 12.0 Å². The second kappa shape index (κ2) is 11.3. The highest BCUT2D eigenvalue weighted by Crippen LogP contribution is 2.42. The van der Waals surface area contributed by atoms with Gasteiger partial charge >= 0.3 is 0 Å². The van der Waals surface area contributed by atoms with Gasteiger partial charge in [0.1, 0.15) is 5.76 Å². The SMILES string of the molecule is CCCOc1ccc(C2C(=C(O)c3ccc(Cl)cc3)C(=O)C(=O)N2Cc2ccncc2)cc1OCC. The van der Waals surface area contributed by atoms with Crippen LogP contribution in [0.3, 0.4) is 0 Å². The zero-order valence-corrected chi connectivity index (χ0v) is 20.9. The van der Waals surface area contributed by atoms with E-state index >= 15 is 0 Å². The Morgan fingerprint density at radius 2 is 1.72 bits per heavy atom. The number of carbonyl (C=O) groups excluding carboxylic acids is 2.